The van der Waals surface area contributed by atoms with Crippen molar-refractivity contribution in [1.29, 1.82) is 0 Å². The van der Waals surface area contributed by atoms with Crippen LogP contribution in [0.25, 0.3) is 5.82 Å². The molecule has 0 unspecified atom stereocenters. The number of hydrogen-bond donors (Lipinski definition) is 1. The Morgan fingerprint density at radius 2 is 2.00 bits per heavy atom. The summed E-state index contributed by atoms with van der Waals surface area (Å²) in [4.78, 5) is 13.9. The van der Waals surface area contributed by atoms with Gasteiger partial charge in [-0.1, -0.05) is 12.1 Å². The van der Waals surface area contributed by atoms with Gasteiger partial charge in [0.05, 0.1) is 11.4 Å². The first kappa shape index (κ1) is 18.0. The van der Waals surface area contributed by atoms with Crippen molar-refractivity contribution < 1.29 is 9.53 Å². The zero-order chi connectivity index (χ0) is 19.5. The molecular formula is C20H22N6O2. The van der Waals surface area contributed by atoms with E-state index in [1.807, 2.05) is 56.3 Å². The molecule has 0 bridgehead atoms. The quantitative estimate of drug-likeness (QED) is 0.664. The van der Waals surface area contributed by atoms with Crippen LogP contribution in [0.5, 0.6) is 5.75 Å². The number of para-hydroxylation sites is 2. The maximum absolute atomic E-state index is 12.2. The molecule has 3 heterocycles. The summed E-state index contributed by atoms with van der Waals surface area (Å²) in [5.74, 6) is 2.11. The van der Waals surface area contributed by atoms with E-state index in [4.69, 9.17) is 4.74 Å². The molecule has 1 N–H and O–H groups in total. The minimum absolute atomic E-state index is 0.0206. The lowest BCUT2D eigenvalue weighted by Crippen LogP contribution is -2.39. The van der Waals surface area contributed by atoms with E-state index in [1.54, 1.807) is 9.58 Å². The van der Waals surface area contributed by atoms with Gasteiger partial charge in [0, 0.05) is 18.8 Å². The molecule has 4 rings (SSSR count). The highest BCUT2D eigenvalue weighted by atomic mass is 16.5. The third-order valence-corrected chi connectivity index (χ3v) is 4.55. The Hall–Kier alpha value is -3.42. The normalized spacial score (nSPS) is 13.2. The van der Waals surface area contributed by atoms with Crippen LogP contribution >= 0.6 is 0 Å². The molecule has 0 fully saturated rings. The zero-order valence-electron chi connectivity index (χ0n) is 15.9. The van der Waals surface area contributed by atoms with Gasteiger partial charge in [-0.15, -0.1) is 10.2 Å². The van der Waals surface area contributed by atoms with Crippen molar-refractivity contribution in [3.05, 3.63) is 53.9 Å². The lowest BCUT2D eigenvalue weighted by atomic mass is 10.2. The molecule has 0 atom stereocenters. The lowest BCUT2D eigenvalue weighted by Gasteiger charge is -2.29. The lowest BCUT2D eigenvalue weighted by molar-refractivity contribution is -0.121. The SMILES string of the molecule is Cc1cc(C)n(-c2ccc(NCCCN3C(=O)COc4ccccc43)nn2)n1. The predicted octanol–water partition coefficient (Wildman–Crippen LogP) is 2.51. The fourth-order valence-corrected chi connectivity index (χ4v) is 3.25. The molecule has 1 amide bonds. The average molecular weight is 378 g/mol. The first-order valence-corrected chi connectivity index (χ1v) is 9.25. The van der Waals surface area contributed by atoms with Crippen molar-refractivity contribution >= 4 is 17.4 Å². The van der Waals surface area contributed by atoms with Gasteiger partial charge in [-0.25, -0.2) is 4.68 Å². The van der Waals surface area contributed by atoms with Crippen molar-refractivity contribution in [2.45, 2.75) is 20.3 Å². The van der Waals surface area contributed by atoms with Crippen molar-refractivity contribution in [3.63, 3.8) is 0 Å². The minimum atomic E-state index is -0.0206. The number of rotatable bonds is 6. The first-order chi connectivity index (χ1) is 13.6. The van der Waals surface area contributed by atoms with Gasteiger partial charge < -0.3 is 15.0 Å². The Kier molecular flexibility index (Phi) is 4.92. The highest BCUT2D eigenvalue weighted by Gasteiger charge is 2.24. The number of hydrogen-bond acceptors (Lipinski definition) is 6. The molecule has 28 heavy (non-hydrogen) atoms. The number of carbonyl (C=O) groups is 1. The highest BCUT2D eigenvalue weighted by molar-refractivity contribution is 5.97. The predicted molar refractivity (Wildman–Crippen MR) is 106 cm³/mol. The highest BCUT2D eigenvalue weighted by Crippen LogP contribution is 2.31. The van der Waals surface area contributed by atoms with E-state index in [-0.39, 0.29) is 12.5 Å². The number of benzene rings is 1. The van der Waals surface area contributed by atoms with Crippen LogP contribution in [-0.2, 0) is 4.79 Å². The fraction of sp³-hybridized carbons (Fsp3) is 0.300. The number of ether oxygens (including phenoxy) is 1. The Labute approximate surface area is 163 Å². The van der Waals surface area contributed by atoms with Crippen LogP contribution in [0.4, 0.5) is 11.5 Å². The second-order valence-electron chi connectivity index (χ2n) is 6.70. The van der Waals surface area contributed by atoms with E-state index in [0.29, 0.717) is 24.7 Å². The van der Waals surface area contributed by atoms with E-state index in [2.05, 4.69) is 20.6 Å². The Morgan fingerprint density at radius 3 is 2.75 bits per heavy atom. The summed E-state index contributed by atoms with van der Waals surface area (Å²) in [6.07, 6.45) is 0.779. The van der Waals surface area contributed by atoms with Gasteiger partial charge >= 0.3 is 0 Å². The number of anilines is 2. The monoisotopic (exact) mass is 378 g/mol. The van der Waals surface area contributed by atoms with Gasteiger partial charge in [0.15, 0.2) is 12.4 Å². The molecule has 0 saturated heterocycles. The summed E-state index contributed by atoms with van der Waals surface area (Å²) in [5.41, 5.74) is 2.79. The molecule has 1 aliphatic rings. The second-order valence-corrected chi connectivity index (χ2v) is 6.70. The van der Waals surface area contributed by atoms with E-state index >= 15 is 0 Å². The summed E-state index contributed by atoms with van der Waals surface area (Å²) in [6.45, 7) is 5.32. The third-order valence-electron chi connectivity index (χ3n) is 4.55. The van der Waals surface area contributed by atoms with Gasteiger partial charge in [0.1, 0.15) is 11.6 Å². The third kappa shape index (κ3) is 3.66. The Bertz CT molecular complexity index is 983. The molecule has 1 aromatic carbocycles. The molecule has 0 saturated carbocycles. The number of nitrogens with zero attached hydrogens (tertiary/aromatic N) is 5. The number of amides is 1. The van der Waals surface area contributed by atoms with Crippen molar-refractivity contribution in [2.75, 3.05) is 29.9 Å². The molecule has 144 valence electrons. The summed E-state index contributed by atoms with van der Waals surface area (Å²) in [6, 6.07) is 13.4. The summed E-state index contributed by atoms with van der Waals surface area (Å²) in [7, 11) is 0. The summed E-state index contributed by atoms with van der Waals surface area (Å²) in [5, 5.41) is 16.1. The maximum Gasteiger partial charge on any atom is 0.265 e. The van der Waals surface area contributed by atoms with Gasteiger partial charge in [-0.3, -0.25) is 4.79 Å². The standard InChI is InChI=1S/C20H22N6O2/c1-14-12-15(2)26(24-14)19-9-8-18(22-23-19)21-10-5-11-25-16-6-3-4-7-17(16)28-13-20(25)27/h3-4,6-9,12H,5,10-11,13H2,1-2H3,(H,21,22). The van der Waals surface area contributed by atoms with Gasteiger partial charge in [0.2, 0.25) is 0 Å². The largest absolute Gasteiger partial charge is 0.482 e. The van der Waals surface area contributed by atoms with Crippen molar-refractivity contribution in [1.82, 2.24) is 20.0 Å². The van der Waals surface area contributed by atoms with Gasteiger partial charge in [-0.05, 0) is 50.6 Å². The van der Waals surface area contributed by atoms with Crippen LogP contribution in [0.2, 0.25) is 0 Å². The van der Waals surface area contributed by atoms with Crippen LogP contribution in [0, 0.1) is 13.8 Å². The fourth-order valence-electron chi connectivity index (χ4n) is 3.25. The smallest absolute Gasteiger partial charge is 0.265 e. The molecule has 8 nitrogen and oxygen atoms in total. The van der Waals surface area contributed by atoms with Crippen molar-refractivity contribution in [3.8, 4) is 11.6 Å². The van der Waals surface area contributed by atoms with Crippen molar-refractivity contribution in [2.24, 2.45) is 0 Å². The molecular weight excluding hydrogens is 356 g/mol. The molecule has 0 radical (unpaired) electrons. The zero-order valence-corrected chi connectivity index (χ0v) is 15.9. The Balaban J connectivity index is 1.32. The van der Waals surface area contributed by atoms with Gasteiger partial charge in [0.25, 0.3) is 5.91 Å². The van der Waals surface area contributed by atoms with Crippen LogP contribution < -0.4 is 15.0 Å². The van der Waals surface area contributed by atoms with Gasteiger partial charge in [-0.2, -0.15) is 5.10 Å². The van der Waals surface area contributed by atoms with Crippen LogP contribution in [0.15, 0.2) is 42.5 Å². The van der Waals surface area contributed by atoms with E-state index in [9.17, 15) is 4.79 Å². The maximum atomic E-state index is 12.2. The van der Waals surface area contributed by atoms with E-state index in [1.165, 1.54) is 0 Å². The molecule has 8 heteroatoms. The summed E-state index contributed by atoms with van der Waals surface area (Å²) < 4.78 is 7.24. The number of nitrogens with one attached hydrogen (secondary N) is 1. The van der Waals surface area contributed by atoms with E-state index in [0.717, 1.165) is 29.2 Å². The van der Waals surface area contributed by atoms with Crippen LogP contribution in [0.1, 0.15) is 17.8 Å². The molecule has 3 aromatic rings. The molecule has 0 spiro atoms. The number of aromatic nitrogens is 4. The average Bonchev–Trinajstić information content (AvgIpc) is 3.05. The summed E-state index contributed by atoms with van der Waals surface area (Å²) >= 11 is 0. The Morgan fingerprint density at radius 1 is 1.14 bits per heavy atom. The molecule has 2 aromatic heterocycles. The van der Waals surface area contributed by atoms with E-state index < -0.39 is 0 Å². The van der Waals surface area contributed by atoms with Crippen LogP contribution in [0.3, 0.4) is 0 Å². The molecule has 1 aliphatic heterocycles. The second kappa shape index (κ2) is 7.67. The number of carbonyl (C=O) groups excluding carboxylic acids is 1. The number of fused-ring (bicyclic) bond motifs is 1. The van der Waals surface area contributed by atoms with Crippen LogP contribution in [-0.4, -0.2) is 45.6 Å². The molecule has 0 aliphatic carbocycles. The number of aryl methyl sites for hydroxylation is 2. The first-order valence-electron chi connectivity index (χ1n) is 9.25. The topological polar surface area (TPSA) is 85.2 Å². The minimum Gasteiger partial charge on any atom is -0.482 e.